The second-order valence-electron chi connectivity index (χ2n) is 9.45. The fourth-order valence-corrected chi connectivity index (χ4v) is 4.56. The van der Waals surface area contributed by atoms with Gasteiger partial charge in [-0.05, 0) is 48.9 Å². The second kappa shape index (κ2) is 10.6. The van der Waals surface area contributed by atoms with Crippen LogP contribution in [0.3, 0.4) is 0 Å². The van der Waals surface area contributed by atoms with Crippen LogP contribution in [0.1, 0.15) is 22.8 Å². The number of rotatable bonds is 9. The zero-order valence-electron chi connectivity index (χ0n) is 21.8. The van der Waals surface area contributed by atoms with Gasteiger partial charge in [-0.1, -0.05) is 12.1 Å². The van der Waals surface area contributed by atoms with E-state index < -0.39 is 18.1 Å². The third kappa shape index (κ3) is 5.19. The summed E-state index contributed by atoms with van der Waals surface area (Å²) >= 11 is 0. The van der Waals surface area contributed by atoms with Gasteiger partial charge in [0.1, 0.15) is 34.1 Å². The number of carbonyl (C=O) groups is 1. The molecular formula is C28H25F2N7O4. The van der Waals surface area contributed by atoms with Crippen molar-refractivity contribution in [3.63, 3.8) is 0 Å². The van der Waals surface area contributed by atoms with Crippen molar-refractivity contribution in [2.75, 3.05) is 18.4 Å². The number of anilines is 1. The number of alkyl halides is 2. The van der Waals surface area contributed by atoms with Gasteiger partial charge in [0.2, 0.25) is 0 Å². The van der Waals surface area contributed by atoms with Crippen LogP contribution in [-0.2, 0) is 12.1 Å². The highest BCUT2D eigenvalue weighted by Crippen LogP contribution is 2.39. The Balaban J connectivity index is 1.36. The molecule has 0 saturated carbocycles. The summed E-state index contributed by atoms with van der Waals surface area (Å²) in [4.78, 5) is 17.5. The number of amides is 1. The van der Waals surface area contributed by atoms with Crippen LogP contribution in [0.4, 0.5) is 14.5 Å². The lowest BCUT2D eigenvalue weighted by molar-refractivity contribution is -0.0494. The third-order valence-electron chi connectivity index (χ3n) is 6.72. The molecule has 41 heavy (non-hydrogen) atoms. The smallest absolute Gasteiger partial charge is 0.387 e. The van der Waals surface area contributed by atoms with Crippen LogP contribution in [0, 0.1) is 0 Å². The van der Waals surface area contributed by atoms with Crippen LogP contribution in [0.25, 0.3) is 16.9 Å². The van der Waals surface area contributed by atoms with E-state index in [9.17, 15) is 18.7 Å². The van der Waals surface area contributed by atoms with Crippen LogP contribution in [0.2, 0.25) is 0 Å². The topological polar surface area (TPSA) is 128 Å². The van der Waals surface area contributed by atoms with E-state index >= 15 is 0 Å². The molecule has 0 spiro atoms. The average Bonchev–Trinajstić information content (AvgIpc) is 3.56. The van der Waals surface area contributed by atoms with E-state index in [0.29, 0.717) is 42.3 Å². The Kier molecular flexibility index (Phi) is 6.81. The number of halogens is 2. The van der Waals surface area contributed by atoms with Gasteiger partial charge in [-0.15, -0.1) is 0 Å². The van der Waals surface area contributed by atoms with Crippen molar-refractivity contribution in [1.82, 2.24) is 29.7 Å². The Morgan fingerprint density at radius 3 is 2.78 bits per heavy atom. The number of ether oxygens (including phenoxy) is 2. The number of carbonyl (C=O) groups excluding carboxylic acids is 1. The first kappa shape index (κ1) is 26.3. The Bertz CT molecular complexity index is 1730. The molecule has 0 aliphatic carbocycles. The minimum atomic E-state index is -3.09. The highest BCUT2D eigenvalue weighted by molar-refractivity contribution is 6.09. The number of benzene rings is 2. The number of fused-ring (bicyclic) bond motifs is 1. The van der Waals surface area contributed by atoms with Crippen LogP contribution < -0.4 is 20.1 Å². The molecule has 3 aromatic heterocycles. The number of hydrogen-bond acceptors (Lipinski definition) is 8. The normalized spacial score (nSPS) is 14.2. The van der Waals surface area contributed by atoms with Crippen molar-refractivity contribution in [2.24, 2.45) is 0 Å². The van der Waals surface area contributed by atoms with Gasteiger partial charge in [-0.2, -0.15) is 19.0 Å². The molecular weight excluding hydrogens is 536 g/mol. The Labute approximate surface area is 232 Å². The Morgan fingerprint density at radius 1 is 1.20 bits per heavy atom. The minimum Gasteiger partial charge on any atom is -0.457 e. The zero-order valence-corrected chi connectivity index (χ0v) is 21.8. The number of nitrogens with one attached hydrogen (secondary N) is 2. The summed E-state index contributed by atoms with van der Waals surface area (Å²) in [6.45, 7) is 0.0738. The van der Waals surface area contributed by atoms with E-state index in [4.69, 9.17) is 9.47 Å². The SMILES string of the molecule is CCn1cc(NC(=O)c2cnn3cccnc23)c(-c2cc(Oc3cccc(C4(O)CNC4)c3)ccc2OC(F)F)n1. The Morgan fingerprint density at radius 2 is 2.02 bits per heavy atom. The maximum absolute atomic E-state index is 13.4. The number of aromatic nitrogens is 5. The molecule has 2 aromatic carbocycles. The van der Waals surface area contributed by atoms with Gasteiger partial charge in [0.05, 0.1) is 17.4 Å². The molecule has 13 heteroatoms. The summed E-state index contributed by atoms with van der Waals surface area (Å²) in [5, 5.41) is 25.2. The van der Waals surface area contributed by atoms with E-state index in [0.717, 1.165) is 0 Å². The van der Waals surface area contributed by atoms with E-state index in [1.54, 1.807) is 47.5 Å². The van der Waals surface area contributed by atoms with E-state index in [-0.39, 0.29) is 28.3 Å². The van der Waals surface area contributed by atoms with E-state index in [1.165, 1.54) is 28.9 Å². The van der Waals surface area contributed by atoms with Gasteiger partial charge < -0.3 is 25.2 Å². The predicted molar refractivity (Wildman–Crippen MR) is 144 cm³/mol. The lowest BCUT2D eigenvalue weighted by atomic mass is 9.88. The number of aryl methyl sites for hydroxylation is 1. The second-order valence-corrected chi connectivity index (χ2v) is 9.45. The summed E-state index contributed by atoms with van der Waals surface area (Å²) in [7, 11) is 0. The number of aliphatic hydroxyl groups is 1. The third-order valence-corrected chi connectivity index (χ3v) is 6.72. The van der Waals surface area contributed by atoms with Gasteiger partial charge in [-0.3, -0.25) is 9.48 Å². The summed E-state index contributed by atoms with van der Waals surface area (Å²) in [5.74, 6) is 0.113. The molecule has 1 saturated heterocycles. The molecule has 0 atom stereocenters. The maximum Gasteiger partial charge on any atom is 0.387 e. The van der Waals surface area contributed by atoms with Crippen molar-refractivity contribution < 1.29 is 28.2 Å². The van der Waals surface area contributed by atoms with Gasteiger partial charge in [0.25, 0.3) is 5.91 Å². The molecule has 1 fully saturated rings. The minimum absolute atomic E-state index is 0.148. The molecule has 3 N–H and O–H groups in total. The first-order valence-electron chi connectivity index (χ1n) is 12.8. The maximum atomic E-state index is 13.4. The summed E-state index contributed by atoms with van der Waals surface area (Å²) in [5.41, 5.74) is 0.957. The van der Waals surface area contributed by atoms with Gasteiger partial charge >= 0.3 is 6.61 Å². The fraction of sp³-hybridized carbons (Fsp3) is 0.214. The first-order valence-corrected chi connectivity index (χ1v) is 12.8. The van der Waals surface area contributed by atoms with Crippen LogP contribution in [0.15, 0.2) is 73.3 Å². The standard InChI is InChI=1S/C28H25F2N7O4/c1-2-36-14-22(34-26(38)21-13-33-37-10-4-9-32-25(21)37)24(35-36)20-12-19(7-8-23(20)41-27(29)30)40-18-6-3-5-17(11-18)28(39)15-31-16-28/h3-14,27,31,39H,2,15-16H2,1H3,(H,34,38). The highest BCUT2D eigenvalue weighted by Gasteiger charge is 2.36. The summed E-state index contributed by atoms with van der Waals surface area (Å²) in [6, 6.07) is 13.1. The van der Waals surface area contributed by atoms with Gasteiger partial charge in [0.15, 0.2) is 5.65 Å². The van der Waals surface area contributed by atoms with Crippen molar-refractivity contribution >= 4 is 17.2 Å². The fourth-order valence-electron chi connectivity index (χ4n) is 4.56. The quantitative estimate of drug-likeness (QED) is 0.246. The van der Waals surface area contributed by atoms with E-state index in [2.05, 4.69) is 25.8 Å². The average molecular weight is 562 g/mol. The van der Waals surface area contributed by atoms with Crippen molar-refractivity contribution in [2.45, 2.75) is 25.7 Å². The van der Waals surface area contributed by atoms with Crippen molar-refractivity contribution in [3.8, 4) is 28.5 Å². The van der Waals surface area contributed by atoms with E-state index in [1.807, 2.05) is 13.0 Å². The van der Waals surface area contributed by atoms with Crippen molar-refractivity contribution in [1.29, 1.82) is 0 Å². The number of hydrogen-bond donors (Lipinski definition) is 3. The van der Waals surface area contributed by atoms with Crippen molar-refractivity contribution in [3.05, 3.63) is 84.4 Å². The van der Waals surface area contributed by atoms with Gasteiger partial charge in [0, 0.05) is 38.2 Å². The lowest BCUT2D eigenvalue weighted by Gasteiger charge is -2.38. The monoisotopic (exact) mass is 561 g/mol. The molecule has 1 aliphatic rings. The largest absolute Gasteiger partial charge is 0.457 e. The highest BCUT2D eigenvalue weighted by atomic mass is 19.3. The number of β-amino-alcohol motifs (C(OH)–C–C–N with tert-alkyl or cyclic N) is 1. The van der Waals surface area contributed by atoms with Crippen LogP contribution in [-0.4, -0.2) is 55.1 Å². The molecule has 4 heterocycles. The molecule has 0 unspecified atom stereocenters. The lowest BCUT2D eigenvalue weighted by Crippen LogP contribution is -2.56. The molecule has 0 bridgehead atoms. The molecule has 1 aliphatic heterocycles. The summed E-state index contributed by atoms with van der Waals surface area (Å²) in [6.07, 6.45) is 6.21. The number of nitrogens with zero attached hydrogens (tertiary/aromatic N) is 5. The molecule has 5 aromatic rings. The predicted octanol–water partition coefficient (Wildman–Crippen LogP) is 4.05. The van der Waals surface area contributed by atoms with Gasteiger partial charge in [-0.25, -0.2) is 9.50 Å². The molecule has 1 amide bonds. The zero-order chi connectivity index (χ0) is 28.6. The molecule has 11 nitrogen and oxygen atoms in total. The molecule has 210 valence electrons. The summed E-state index contributed by atoms with van der Waals surface area (Å²) < 4.78 is 40.7. The Hall–Kier alpha value is -4.88. The molecule has 0 radical (unpaired) electrons. The molecule has 6 rings (SSSR count). The first-order chi connectivity index (χ1) is 19.8. The van der Waals surface area contributed by atoms with Crippen LogP contribution in [0.5, 0.6) is 17.2 Å². The van der Waals surface area contributed by atoms with Crippen LogP contribution >= 0.6 is 0 Å².